The van der Waals surface area contributed by atoms with Crippen LogP contribution in [-0.4, -0.2) is 46.1 Å². The highest BCUT2D eigenvalue weighted by molar-refractivity contribution is 7.16. The molecule has 0 atom stereocenters. The van der Waals surface area contributed by atoms with E-state index in [-0.39, 0.29) is 29.8 Å². The van der Waals surface area contributed by atoms with Crippen molar-refractivity contribution in [3.8, 4) is 5.75 Å². The van der Waals surface area contributed by atoms with E-state index in [2.05, 4.69) is 20.3 Å². The third kappa shape index (κ3) is 3.62. The number of benzene rings is 1. The van der Waals surface area contributed by atoms with Gasteiger partial charge in [0.15, 0.2) is 0 Å². The number of anilines is 1. The molecule has 1 aliphatic carbocycles. The summed E-state index contributed by atoms with van der Waals surface area (Å²) in [5.41, 5.74) is 3.38. The van der Waals surface area contributed by atoms with Crippen LogP contribution in [0.15, 0.2) is 30.0 Å². The third-order valence-electron chi connectivity index (χ3n) is 5.40. The van der Waals surface area contributed by atoms with Gasteiger partial charge in [-0.05, 0) is 31.4 Å². The molecule has 7 nitrogen and oxygen atoms in total. The standard InChI is InChI=1S/C20H20FN5O2S/c1-11-6-22-20(23-7-11)26-8-14(9-26)25-19(27)12-2-15(3-12)28-16-4-13(21)5-17-18(16)24-10-29-17/h4-7,10,12,14-15H,2-3,8-9H2,1H3,(H,25,27). The molecule has 1 N–H and O–H groups in total. The Balaban J connectivity index is 1.10. The first-order valence-electron chi connectivity index (χ1n) is 9.58. The van der Waals surface area contributed by atoms with Crippen molar-refractivity contribution >= 4 is 33.4 Å². The lowest BCUT2D eigenvalue weighted by molar-refractivity contribution is -0.131. The molecule has 1 saturated heterocycles. The summed E-state index contributed by atoms with van der Waals surface area (Å²) < 4.78 is 20.4. The number of hydrogen-bond donors (Lipinski definition) is 1. The van der Waals surface area contributed by atoms with Crippen LogP contribution in [0.3, 0.4) is 0 Å². The predicted octanol–water partition coefficient (Wildman–Crippen LogP) is 2.70. The largest absolute Gasteiger partial charge is 0.488 e. The maximum Gasteiger partial charge on any atom is 0.225 e. The number of ether oxygens (including phenoxy) is 1. The van der Waals surface area contributed by atoms with Gasteiger partial charge >= 0.3 is 0 Å². The van der Waals surface area contributed by atoms with Crippen LogP contribution in [0, 0.1) is 18.7 Å². The maximum atomic E-state index is 13.7. The normalized spacial score (nSPS) is 21.5. The van der Waals surface area contributed by atoms with Gasteiger partial charge in [0, 0.05) is 37.5 Å². The number of thiazole rings is 1. The van der Waals surface area contributed by atoms with Gasteiger partial charge in [-0.25, -0.2) is 19.3 Å². The van der Waals surface area contributed by atoms with E-state index in [0.29, 0.717) is 43.1 Å². The van der Waals surface area contributed by atoms with Crippen LogP contribution in [0.4, 0.5) is 10.3 Å². The van der Waals surface area contributed by atoms with Crippen LogP contribution in [-0.2, 0) is 4.79 Å². The molecular weight excluding hydrogens is 393 g/mol. The van der Waals surface area contributed by atoms with E-state index in [1.165, 1.54) is 23.5 Å². The van der Waals surface area contributed by atoms with E-state index in [1.807, 2.05) is 11.8 Å². The average molecular weight is 413 g/mol. The van der Waals surface area contributed by atoms with Gasteiger partial charge in [0.25, 0.3) is 0 Å². The van der Waals surface area contributed by atoms with E-state index < -0.39 is 0 Å². The topological polar surface area (TPSA) is 80.2 Å². The summed E-state index contributed by atoms with van der Waals surface area (Å²) in [5, 5.41) is 3.09. The number of amides is 1. The van der Waals surface area contributed by atoms with Crippen molar-refractivity contribution in [3.63, 3.8) is 0 Å². The van der Waals surface area contributed by atoms with Crippen molar-refractivity contribution in [2.24, 2.45) is 5.92 Å². The van der Waals surface area contributed by atoms with Gasteiger partial charge < -0.3 is 15.0 Å². The van der Waals surface area contributed by atoms with Crippen LogP contribution in [0.1, 0.15) is 18.4 Å². The lowest BCUT2D eigenvalue weighted by Gasteiger charge is -2.41. The van der Waals surface area contributed by atoms with Crippen molar-refractivity contribution in [3.05, 3.63) is 41.4 Å². The Morgan fingerprint density at radius 2 is 2.00 bits per heavy atom. The fraction of sp³-hybridized carbons (Fsp3) is 0.400. The number of aromatic nitrogens is 3. The number of carbonyl (C=O) groups excluding carboxylic acids is 1. The fourth-order valence-corrected chi connectivity index (χ4v) is 4.37. The zero-order valence-electron chi connectivity index (χ0n) is 15.8. The summed E-state index contributed by atoms with van der Waals surface area (Å²) in [5.74, 6) is 0.804. The SMILES string of the molecule is Cc1cnc(N2CC(NC(=O)C3CC(Oc4cc(F)cc5scnc45)C3)C2)nc1. The number of fused-ring (bicyclic) bond motifs is 1. The van der Waals surface area contributed by atoms with E-state index in [1.54, 1.807) is 17.9 Å². The second-order valence-electron chi connectivity index (χ2n) is 7.68. The van der Waals surface area contributed by atoms with Crippen LogP contribution >= 0.6 is 11.3 Å². The molecule has 1 aliphatic heterocycles. The quantitative estimate of drug-likeness (QED) is 0.693. The zero-order chi connectivity index (χ0) is 20.0. The van der Waals surface area contributed by atoms with Gasteiger partial charge in [-0.1, -0.05) is 0 Å². The zero-order valence-corrected chi connectivity index (χ0v) is 16.7. The first kappa shape index (κ1) is 18.2. The van der Waals surface area contributed by atoms with Crippen LogP contribution in [0.2, 0.25) is 0 Å². The Morgan fingerprint density at radius 1 is 1.24 bits per heavy atom. The minimum atomic E-state index is -0.336. The Morgan fingerprint density at radius 3 is 2.76 bits per heavy atom. The molecule has 1 aromatic carbocycles. The van der Waals surface area contributed by atoms with Crippen LogP contribution in [0.5, 0.6) is 5.75 Å². The van der Waals surface area contributed by atoms with Crippen LogP contribution < -0.4 is 15.0 Å². The molecule has 5 rings (SSSR count). The predicted molar refractivity (Wildman–Crippen MR) is 108 cm³/mol. The molecule has 3 aromatic rings. The van der Waals surface area contributed by atoms with Crippen molar-refractivity contribution in [2.75, 3.05) is 18.0 Å². The number of halogens is 1. The van der Waals surface area contributed by atoms with E-state index in [9.17, 15) is 9.18 Å². The second kappa shape index (κ2) is 7.22. The van der Waals surface area contributed by atoms with Gasteiger partial charge in [-0.15, -0.1) is 11.3 Å². The fourth-order valence-electron chi connectivity index (χ4n) is 3.65. The molecule has 2 aromatic heterocycles. The summed E-state index contributed by atoms with van der Waals surface area (Å²) in [7, 11) is 0. The highest BCUT2D eigenvalue weighted by Gasteiger charge is 2.39. The molecule has 2 fully saturated rings. The minimum absolute atomic E-state index is 0.0531. The van der Waals surface area contributed by atoms with Gasteiger partial charge in [0.1, 0.15) is 23.2 Å². The highest BCUT2D eigenvalue weighted by atomic mass is 32.1. The lowest BCUT2D eigenvalue weighted by Crippen LogP contribution is -2.61. The number of carbonyl (C=O) groups is 1. The molecule has 0 radical (unpaired) electrons. The average Bonchev–Trinajstić information content (AvgIpc) is 3.09. The molecule has 0 bridgehead atoms. The Hall–Kier alpha value is -2.81. The van der Waals surface area contributed by atoms with Gasteiger partial charge in [0.2, 0.25) is 11.9 Å². The summed E-state index contributed by atoms with van der Waals surface area (Å²) in [6.07, 6.45) is 4.76. The second-order valence-corrected chi connectivity index (χ2v) is 8.57. The van der Waals surface area contributed by atoms with Crippen molar-refractivity contribution < 1.29 is 13.9 Å². The summed E-state index contributed by atoms with van der Waals surface area (Å²) in [6.45, 7) is 3.38. The van der Waals surface area contributed by atoms with E-state index in [4.69, 9.17) is 4.74 Å². The highest BCUT2D eigenvalue weighted by Crippen LogP contribution is 2.35. The molecule has 9 heteroatoms. The number of rotatable bonds is 5. The van der Waals surface area contributed by atoms with Gasteiger partial charge in [-0.2, -0.15) is 0 Å². The lowest BCUT2D eigenvalue weighted by atomic mass is 9.81. The summed E-state index contributed by atoms with van der Waals surface area (Å²) in [6, 6.07) is 2.94. The number of nitrogens with zero attached hydrogens (tertiary/aromatic N) is 4. The first-order valence-corrected chi connectivity index (χ1v) is 10.5. The van der Waals surface area contributed by atoms with Crippen molar-refractivity contribution in [1.82, 2.24) is 20.3 Å². The van der Waals surface area contributed by atoms with Gasteiger partial charge in [0.05, 0.1) is 16.3 Å². The molecule has 0 unspecified atom stereocenters. The maximum absolute atomic E-state index is 13.7. The van der Waals surface area contributed by atoms with Crippen LogP contribution in [0.25, 0.3) is 10.2 Å². The minimum Gasteiger partial charge on any atom is -0.488 e. The Labute approximate surface area is 170 Å². The number of nitrogens with one attached hydrogen (secondary N) is 1. The molecule has 150 valence electrons. The molecule has 2 aliphatic rings. The van der Waals surface area contributed by atoms with Gasteiger partial charge in [-0.3, -0.25) is 4.79 Å². The monoisotopic (exact) mass is 413 g/mol. The van der Waals surface area contributed by atoms with Crippen molar-refractivity contribution in [1.29, 1.82) is 0 Å². The number of aryl methyl sites for hydroxylation is 1. The third-order valence-corrected chi connectivity index (χ3v) is 6.18. The molecule has 29 heavy (non-hydrogen) atoms. The molecule has 3 heterocycles. The number of hydrogen-bond acceptors (Lipinski definition) is 7. The van der Waals surface area contributed by atoms with Crippen molar-refractivity contribution in [2.45, 2.75) is 31.9 Å². The Bertz CT molecular complexity index is 1040. The van der Waals surface area contributed by atoms with E-state index in [0.717, 1.165) is 10.3 Å². The Kier molecular flexibility index (Phi) is 4.54. The summed E-state index contributed by atoms with van der Waals surface area (Å²) in [4.78, 5) is 27.4. The van der Waals surface area contributed by atoms with E-state index >= 15 is 0 Å². The molecule has 0 spiro atoms. The molecular formula is C20H20FN5O2S. The molecule has 1 saturated carbocycles. The molecule has 1 amide bonds. The smallest absolute Gasteiger partial charge is 0.225 e. The first-order chi connectivity index (χ1) is 14.0. The summed E-state index contributed by atoms with van der Waals surface area (Å²) >= 11 is 1.38.